The molecule has 1 heterocycles. The molecule has 0 bridgehead atoms. The number of amides is 2. The molecule has 33 heavy (non-hydrogen) atoms. The molecular weight excluding hydrogens is 467 g/mol. The summed E-state index contributed by atoms with van der Waals surface area (Å²) in [7, 11) is 3.08. The van der Waals surface area contributed by atoms with Crippen LogP contribution in [0.15, 0.2) is 47.5 Å². The molecule has 2 aromatic carbocycles. The number of aromatic nitrogens is 2. The number of ether oxygens (including phenoxy) is 2. The van der Waals surface area contributed by atoms with E-state index in [4.69, 9.17) is 32.7 Å². The summed E-state index contributed by atoms with van der Waals surface area (Å²) in [4.78, 5) is 25.7. The standard InChI is InChI=1S/C22H22Cl2N6O3/c1-12-9-13(2)26-20(25-12)29-21(28-18-11-15(32-3)6-8-19(18)33-4)30-22(31)27-14-5-7-16(23)17(24)10-14/h5-11H,1-4H3,(H3,25,26,27,28,29,30,31). The molecule has 0 fully saturated rings. The first kappa shape index (κ1) is 24.1. The van der Waals surface area contributed by atoms with E-state index in [1.807, 2.05) is 19.9 Å². The van der Waals surface area contributed by atoms with Gasteiger partial charge in [-0.25, -0.2) is 14.8 Å². The lowest BCUT2D eigenvalue weighted by atomic mass is 10.2. The van der Waals surface area contributed by atoms with Crippen molar-refractivity contribution in [2.24, 2.45) is 4.99 Å². The Kier molecular flexibility index (Phi) is 7.92. The third-order valence-electron chi connectivity index (χ3n) is 4.25. The van der Waals surface area contributed by atoms with Crippen LogP contribution >= 0.6 is 23.2 Å². The van der Waals surface area contributed by atoms with Gasteiger partial charge in [0.1, 0.15) is 11.5 Å². The number of methoxy groups -OCH3 is 2. The Balaban J connectivity index is 1.92. The van der Waals surface area contributed by atoms with Gasteiger partial charge in [0.25, 0.3) is 5.95 Å². The first-order chi connectivity index (χ1) is 15.8. The maximum absolute atomic E-state index is 12.7. The molecule has 0 aliphatic carbocycles. The lowest BCUT2D eigenvalue weighted by molar-refractivity contribution is 0.256. The summed E-state index contributed by atoms with van der Waals surface area (Å²) >= 11 is 12.0. The number of benzene rings is 2. The van der Waals surface area contributed by atoms with Crippen LogP contribution in [0.1, 0.15) is 11.4 Å². The number of nitrogens with one attached hydrogen (secondary N) is 3. The topological polar surface area (TPSA) is 110 Å². The van der Waals surface area contributed by atoms with Gasteiger partial charge in [0.05, 0.1) is 30.0 Å². The van der Waals surface area contributed by atoms with Gasteiger partial charge in [-0.1, -0.05) is 23.2 Å². The molecule has 3 N–H and O–H groups in total. The van der Waals surface area contributed by atoms with Crippen LogP contribution in [-0.4, -0.2) is 36.2 Å². The van der Waals surface area contributed by atoms with Gasteiger partial charge in [-0.15, -0.1) is 0 Å². The Morgan fingerprint density at radius 3 is 2.27 bits per heavy atom. The van der Waals surface area contributed by atoms with Crippen molar-refractivity contribution in [1.29, 1.82) is 0 Å². The van der Waals surface area contributed by atoms with Gasteiger partial charge >= 0.3 is 6.03 Å². The van der Waals surface area contributed by atoms with E-state index >= 15 is 0 Å². The Morgan fingerprint density at radius 2 is 1.64 bits per heavy atom. The minimum atomic E-state index is -0.578. The van der Waals surface area contributed by atoms with Gasteiger partial charge in [-0.2, -0.15) is 4.99 Å². The van der Waals surface area contributed by atoms with E-state index in [9.17, 15) is 4.79 Å². The van der Waals surface area contributed by atoms with Gasteiger partial charge in [-0.05, 0) is 50.2 Å². The van der Waals surface area contributed by atoms with E-state index in [1.165, 1.54) is 13.2 Å². The summed E-state index contributed by atoms with van der Waals surface area (Å²) in [6, 6.07) is 11.2. The molecule has 0 saturated carbocycles. The second-order valence-corrected chi connectivity index (χ2v) is 7.62. The summed E-state index contributed by atoms with van der Waals surface area (Å²) in [6.07, 6.45) is 0. The summed E-state index contributed by atoms with van der Waals surface area (Å²) in [5.74, 6) is 1.33. The smallest absolute Gasteiger partial charge is 0.326 e. The van der Waals surface area contributed by atoms with E-state index in [-0.39, 0.29) is 11.9 Å². The molecule has 0 aliphatic rings. The van der Waals surface area contributed by atoms with E-state index in [0.717, 1.165) is 11.4 Å². The largest absolute Gasteiger partial charge is 0.497 e. The normalized spacial score (nSPS) is 11.0. The van der Waals surface area contributed by atoms with Gasteiger partial charge < -0.3 is 20.1 Å². The van der Waals surface area contributed by atoms with Crippen LogP contribution in [0, 0.1) is 13.8 Å². The quantitative estimate of drug-likeness (QED) is 0.330. The zero-order valence-electron chi connectivity index (χ0n) is 18.4. The number of aryl methyl sites for hydroxylation is 2. The van der Waals surface area contributed by atoms with Gasteiger partial charge in [0.2, 0.25) is 5.96 Å². The average molecular weight is 489 g/mol. The number of carbonyl (C=O) groups excluding carboxylic acids is 1. The number of urea groups is 1. The maximum Gasteiger partial charge on any atom is 0.326 e. The number of aliphatic imine (C=N–C) groups is 1. The highest BCUT2D eigenvalue weighted by atomic mass is 35.5. The summed E-state index contributed by atoms with van der Waals surface area (Å²) in [6.45, 7) is 3.66. The highest BCUT2D eigenvalue weighted by Crippen LogP contribution is 2.29. The van der Waals surface area contributed by atoms with Gasteiger partial charge in [-0.3, -0.25) is 5.32 Å². The lowest BCUT2D eigenvalue weighted by Crippen LogP contribution is -2.38. The summed E-state index contributed by atoms with van der Waals surface area (Å²) in [5.41, 5.74) is 2.43. The van der Waals surface area contributed by atoms with Crippen molar-refractivity contribution in [3.63, 3.8) is 0 Å². The number of halogens is 2. The second-order valence-electron chi connectivity index (χ2n) is 6.81. The molecule has 0 radical (unpaired) electrons. The minimum absolute atomic E-state index is 0.0594. The predicted octanol–water partition coefficient (Wildman–Crippen LogP) is 5.34. The molecule has 9 nitrogen and oxygen atoms in total. The molecule has 3 aromatic rings. The number of hydrogen-bond acceptors (Lipinski definition) is 6. The predicted molar refractivity (Wildman–Crippen MR) is 130 cm³/mol. The molecule has 11 heteroatoms. The van der Waals surface area contributed by atoms with Crippen molar-refractivity contribution in [2.75, 3.05) is 24.9 Å². The minimum Gasteiger partial charge on any atom is -0.497 e. The molecule has 172 valence electrons. The average Bonchev–Trinajstić information content (AvgIpc) is 2.75. The SMILES string of the molecule is COc1ccc(OC)c(NC(=Nc2nc(C)cc(C)n2)NC(=O)Nc2ccc(Cl)c(Cl)c2)c1. The highest BCUT2D eigenvalue weighted by Gasteiger charge is 2.13. The summed E-state index contributed by atoms with van der Waals surface area (Å²) in [5, 5.41) is 9.07. The van der Waals surface area contributed by atoms with Crippen LogP contribution in [0.25, 0.3) is 0 Å². The number of anilines is 2. The molecular formula is C22H22Cl2N6O3. The van der Waals surface area contributed by atoms with Crippen molar-refractivity contribution in [2.45, 2.75) is 13.8 Å². The molecule has 1 aromatic heterocycles. The highest BCUT2D eigenvalue weighted by molar-refractivity contribution is 6.42. The monoisotopic (exact) mass is 488 g/mol. The fraction of sp³-hybridized carbons (Fsp3) is 0.182. The van der Waals surface area contributed by atoms with Crippen LogP contribution in [0.3, 0.4) is 0 Å². The van der Waals surface area contributed by atoms with Crippen LogP contribution < -0.4 is 25.4 Å². The number of guanidine groups is 1. The van der Waals surface area contributed by atoms with Crippen molar-refractivity contribution < 1.29 is 14.3 Å². The van der Waals surface area contributed by atoms with Crippen molar-refractivity contribution in [3.05, 3.63) is 63.9 Å². The van der Waals surface area contributed by atoms with E-state index in [0.29, 0.717) is 32.9 Å². The van der Waals surface area contributed by atoms with Crippen LogP contribution in [0.4, 0.5) is 22.1 Å². The van der Waals surface area contributed by atoms with Crippen LogP contribution in [0.2, 0.25) is 10.0 Å². The Bertz CT molecular complexity index is 1180. The molecule has 0 aliphatic heterocycles. The van der Waals surface area contributed by atoms with Crippen molar-refractivity contribution in [1.82, 2.24) is 15.3 Å². The van der Waals surface area contributed by atoms with E-state index in [1.54, 1.807) is 37.4 Å². The maximum atomic E-state index is 12.7. The van der Waals surface area contributed by atoms with Crippen molar-refractivity contribution in [3.8, 4) is 11.5 Å². The Morgan fingerprint density at radius 1 is 0.909 bits per heavy atom. The fourth-order valence-electron chi connectivity index (χ4n) is 2.83. The Labute approximate surface area is 201 Å². The zero-order valence-corrected chi connectivity index (χ0v) is 19.9. The number of carbonyl (C=O) groups is 1. The third-order valence-corrected chi connectivity index (χ3v) is 4.99. The molecule has 3 rings (SSSR count). The summed E-state index contributed by atoms with van der Waals surface area (Å²) < 4.78 is 10.7. The van der Waals surface area contributed by atoms with Gasteiger partial charge in [0.15, 0.2) is 0 Å². The number of nitrogens with zero attached hydrogens (tertiary/aromatic N) is 3. The molecule has 0 saturated heterocycles. The first-order valence-corrected chi connectivity index (χ1v) is 10.5. The van der Waals surface area contributed by atoms with Crippen LogP contribution in [-0.2, 0) is 0 Å². The number of hydrogen-bond donors (Lipinski definition) is 3. The second kappa shape index (κ2) is 10.8. The molecule has 0 atom stereocenters. The first-order valence-electron chi connectivity index (χ1n) is 9.70. The van der Waals surface area contributed by atoms with Crippen molar-refractivity contribution >= 4 is 52.5 Å². The lowest BCUT2D eigenvalue weighted by Gasteiger charge is -2.15. The molecule has 2 amide bonds. The number of rotatable bonds is 5. The fourth-order valence-corrected chi connectivity index (χ4v) is 3.13. The van der Waals surface area contributed by atoms with E-state index in [2.05, 4.69) is 30.9 Å². The van der Waals surface area contributed by atoms with E-state index < -0.39 is 6.03 Å². The zero-order chi connectivity index (χ0) is 24.0. The van der Waals surface area contributed by atoms with Gasteiger partial charge in [0, 0.05) is 23.1 Å². The third kappa shape index (κ3) is 6.71. The Hall–Kier alpha value is -3.56. The van der Waals surface area contributed by atoms with Crippen LogP contribution in [0.5, 0.6) is 11.5 Å². The molecule has 0 spiro atoms. The molecule has 0 unspecified atom stereocenters.